The van der Waals surface area contributed by atoms with Gasteiger partial charge in [0.1, 0.15) is 0 Å². The first-order chi connectivity index (χ1) is 10.6. The number of carbonyl (C=O) groups is 2. The summed E-state index contributed by atoms with van der Waals surface area (Å²) in [4.78, 5) is 34.6. The summed E-state index contributed by atoms with van der Waals surface area (Å²) in [6.45, 7) is 3.98. The molecule has 1 N–H and O–H groups in total. The number of nitro groups is 1. The van der Waals surface area contributed by atoms with Crippen molar-refractivity contribution in [3.8, 4) is 0 Å². The number of carboxylic acid groups (broad SMARTS) is 1. The molecule has 7 nitrogen and oxygen atoms in total. The molecule has 126 valence electrons. The van der Waals surface area contributed by atoms with Crippen molar-refractivity contribution in [2.75, 3.05) is 13.6 Å². The molecule has 0 saturated carbocycles. The second-order valence-corrected chi connectivity index (χ2v) is 6.40. The Bertz CT molecular complexity index is 581. The van der Waals surface area contributed by atoms with Crippen LogP contribution in [0.25, 0.3) is 0 Å². The molecule has 0 fully saturated rings. The van der Waals surface area contributed by atoms with Gasteiger partial charge in [-0.05, 0) is 17.4 Å². The minimum atomic E-state index is -0.920. The van der Waals surface area contributed by atoms with E-state index in [-0.39, 0.29) is 24.4 Å². The molecule has 1 rings (SSSR count). The standard InChI is InChI=1S/C16H22N2O5/c1-16(2,11-15(20)21)10-14(19)17(3)9-8-12-4-6-13(7-5-12)18(22)23/h4-7H,8-11H2,1-3H3,(H,20,21). The smallest absolute Gasteiger partial charge is 0.303 e. The molecule has 0 aliphatic heterocycles. The van der Waals surface area contributed by atoms with Gasteiger partial charge in [-0.15, -0.1) is 0 Å². The van der Waals surface area contributed by atoms with Crippen molar-refractivity contribution in [2.24, 2.45) is 5.41 Å². The number of hydrogen-bond donors (Lipinski definition) is 1. The van der Waals surface area contributed by atoms with E-state index in [2.05, 4.69) is 0 Å². The van der Waals surface area contributed by atoms with Crippen LogP contribution in [0.2, 0.25) is 0 Å². The number of carbonyl (C=O) groups excluding carboxylic acids is 1. The Morgan fingerprint density at radius 2 is 1.78 bits per heavy atom. The predicted molar refractivity (Wildman–Crippen MR) is 85.1 cm³/mol. The topological polar surface area (TPSA) is 101 Å². The molecule has 0 atom stereocenters. The van der Waals surface area contributed by atoms with Crippen molar-refractivity contribution in [3.05, 3.63) is 39.9 Å². The van der Waals surface area contributed by atoms with E-state index < -0.39 is 16.3 Å². The Labute approximate surface area is 135 Å². The molecular weight excluding hydrogens is 300 g/mol. The molecular formula is C16H22N2O5. The van der Waals surface area contributed by atoms with Crippen molar-refractivity contribution in [2.45, 2.75) is 33.1 Å². The first-order valence-corrected chi connectivity index (χ1v) is 7.30. The van der Waals surface area contributed by atoms with Gasteiger partial charge in [-0.1, -0.05) is 26.0 Å². The van der Waals surface area contributed by atoms with Gasteiger partial charge in [0.2, 0.25) is 5.91 Å². The SMILES string of the molecule is CN(CCc1ccc([N+](=O)[O-])cc1)C(=O)CC(C)(C)CC(=O)O. The summed E-state index contributed by atoms with van der Waals surface area (Å²) >= 11 is 0. The molecule has 0 radical (unpaired) electrons. The van der Waals surface area contributed by atoms with Crippen LogP contribution in [0.3, 0.4) is 0 Å². The van der Waals surface area contributed by atoms with Crippen molar-refractivity contribution >= 4 is 17.6 Å². The molecule has 0 unspecified atom stereocenters. The van der Waals surface area contributed by atoms with Gasteiger partial charge in [0.25, 0.3) is 5.69 Å². The number of benzene rings is 1. The Kier molecular flexibility index (Phi) is 6.24. The number of amides is 1. The predicted octanol–water partition coefficient (Wildman–Crippen LogP) is 2.49. The van der Waals surface area contributed by atoms with E-state index in [0.29, 0.717) is 13.0 Å². The summed E-state index contributed by atoms with van der Waals surface area (Å²) in [5.41, 5.74) is 0.346. The van der Waals surface area contributed by atoms with Crippen LogP contribution in [-0.2, 0) is 16.0 Å². The number of hydrogen-bond acceptors (Lipinski definition) is 4. The zero-order valence-corrected chi connectivity index (χ0v) is 13.6. The van der Waals surface area contributed by atoms with E-state index in [1.807, 2.05) is 0 Å². The summed E-state index contributed by atoms with van der Waals surface area (Å²) in [6.07, 6.45) is 0.685. The van der Waals surface area contributed by atoms with Crippen LogP contribution in [0.4, 0.5) is 5.69 Å². The second kappa shape index (κ2) is 7.71. The first-order valence-electron chi connectivity index (χ1n) is 7.30. The summed E-state index contributed by atoms with van der Waals surface area (Å²) in [7, 11) is 1.67. The van der Waals surface area contributed by atoms with E-state index >= 15 is 0 Å². The number of nitro benzene ring substituents is 1. The molecule has 1 aromatic carbocycles. The minimum absolute atomic E-state index is 0.0357. The fourth-order valence-corrected chi connectivity index (χ4v) is 2.22. The van der Waals surface area contributed by atoms with Crippen molar-refractivity contribution in [1.82, 2.24) is 4.90 Å². The second-order valence-electron chi connectivity index (χ2n) is 6.40. The number of carboxylic acids is 1. The van der Waals surface area contributed by atoms with Crippen LogP contribution in [-0.4, -0.2) is 40.4 Å². The van der Waals surface area contributed by atoms with Crippen LogP contribution in [0.15, 0.2) is 24.3 Å². The van der Waals surface area contributed by atoms with Gasteiger partial charge >= 0.3 is 5.97 Å². The van der Waals surface area contributed by atoms with Gasteiger partial charge in [0.05, 0.1) is 11.3 Å². The van der Waals surface area contributed by atoms with E-state index in [9.17, 15) is 19.7 Å². The lowest BCUT2D eigenvalue weighted by Crippen LogP contribution is -2.33. The molecule has 1 amide bonds. The van der Waals surface area contributed by atoms with E-state index in [1.165, 1.54) is 12.1 Å². The van der Waals surface area contributed by atoms with Gasteiger partial charge in [-0.2, -0.15) is 0 Å². The number of aliphatic carboxylic acids is 1. The Hall–Kier alpha value is -2.44. The lowest BCUT2D eigenvalue weighted by molar-refractivity contribution is -0.384. The first kappa shape index (κ1) is 18.6. The molecule has 0 spiro atoms. The monoisotopic (exact) mass is 322 g/mol. The Morgan fingerprint density at radius 1 is 1.22 bits per heavy atom. The van der Waals surface area contributed by atoms with Gasteiger partial charge in [-0.25, -0.2) is 0 Å². The largest absolute Gasteiger partial charge is 0.481 e. The lowest BCUT2D eigenvalue weighted by atomic mass is 9.85. The van der Waals surface area contributed by atoms with Crippen LogP contribution < -0.4 is 0 Å². The maximum Gasteiger partial charge on any atom is 0.303 e. The van der Waals surface area contributed by atoms with Gasteiger partial charge in [-0.3, -0.25) is 19.7 Å². The van der Waals surface area contributed by atoms with Crippen molar-refractivity contribution in [3.63, 3.8) is 0 Å². The molecule has 0 aromatic heterocycles. The average Bonchev–Trinajstić information content (AvgIpc) is 2.43. The molecule has 0 aliphatic rings. The van der Waals surface area contributed by atoms with E-state index in [1.54, 1.807) is 37.9 Å². The maximum atomic E-state index is 12.1. The van der Waals surface area contributed by atoms with E-state index in [0.717, 1.165) is 5.56 Å². The number of nitrogens with zero attached hydrogens (tertiary/aromatic N) is 2. The zero-order chi connectivity index (χ0) is 17.6. The van der Waals surface area contributed by atoms with Crippen LogP contribution >= 0.6 is 0 Å². The minimum Gasteiger partial charge on any atom is -0.481 e. The molecule has 7 heteroatoms. The number of non-ortho nitro benzene ring substituents is 1. The fraction of sp³-hybridized carbons (Fsp3) is 0.500. The summed E-state index contributed by atoms with van der Waals surface area (Å²) < 4.78 is 0. The molecule has 23 heavy (non-hydrogen) atoms. The average molecular weight is 322 g/mol. The molecule has 1 aromatic rings. The molecule has 0 heterocycles. The van der Waals surface area contributed by atoms with Crippen LogP contribution in [0.1, 0.15) is 32.3 Å². The van der Waals surface area contributed by atoms with E-state index in [4.69, 9.17) is 5.11 Å². The normalized spacial score (nSPS) is 11.1. The Morgan fingerprint density at radius 3 is 2.26 bits per heavy atom. The highest BCUT2D eigenvalue weighted by Gasteiger charge is 2.26. The fourth-order valence-electron chi connectivity index (χ4n) is 2.22. The highest BCUT2D eigenvalue weighted by atomic mass is 16.6. The zero-order valence-electron chi connectivity index (χ0n) is 13.6. The summed E-state index contributed by atoms with van der Waals surface area (Å²) in [6, 6.07) is 6.22. The van der Waals surface area contributed by atoms with Gasteiger partial charge in [0.15, 0.2) is 0 Å². The number of likely N-dealkylation sites (N-methyl/N-ethyl adjacent to an activating group) is 1. The summed E-state index contributed by atoms with van der Waals surface area (Å²) in [5, 5.41) is 19.4. The van der Waals surface area contributed by atoms with Crippen LogP contribution in [0, 0.1) is 15.5 Å². The highest BCUT2D eigenvalue weighted by molar-refractivity contribution is 5.77. The number of rotatable bonds is 8. The summed E-state index contributed by atoms with van der Waals surface area (Å²) in [5.74, 6) is -1.03. The van der Waals surface area contributed by atoms with Crippen LogP contribution in [0.5, 0.6) is 0 Å². The molecule has 0 bridgehead atoms. The highest BCUT2D eigenvalue weighted by Crippen LogP contribution is 2.25. The van der Waals surface area contributed by atoms with Gasteiger partial charge in [0, 0.05) is 32.1 Å². The molecule has 0 saturated heterocycles. The van der Waals surface area contributed by atoms with Crippen molar-refractivity contribution in [1.29, 1.82) is 0 Å². The molecule has 0 aliphatic carbocycles. The third-order valence-electron chi connectivity index (χ3n) is 3.57. The Balaban J connectivity index is 2.52. The maximum absolute atomic E-state index is 12.1. The lowest BCUT2D eigenvalue weighted by Gasteiger charge is -2.25. The third-order valence-corrected chi connectivity index (χ3v) is 3.57. The van der Waals surface area contributed by atoms with Crippen molar-refractivity contribution < 1.29 is 19.6 Å². The quantitative estimate of drug-likeness (QED) is 0.585. The third kappa shape index (κ3) is 6.46. The van der Waals surface area contributed by atoms with Gasteiger partial charge < -0.3 is 10.0 Å².